The highest BCUT2D eigenvalue weighted by Crippen LogP contribution is 2.27. The molecule has 1 unspecified atom stereocenters. The Morgan fingerprint density at radius 3 is 2.62 bits per heavy atom. The maximum Gasteiger partial charge on any atom is 0.0978 e. The lowest BCUT2D eigenvalue weighted by Crippen LogP contribution is -2.21. The average molecular weight is 224 g/mol. The number of hydrogen-bond acceptors (Lipinski definition) is 1. The molecule has 1 heteroatoms. The first-order chi connectivity index (χ1) is 7.84. The van der Waals surface area contributed by atoms with Gasteiger partial charge in [-0.05, 0) is 44.6 Å². The summed E-state index contributed by atoms with van der Waals surface area (Å²) in [6, 6.07) is 0. The fourth-order valence-electron chi connectivity index (χ4n) is 2.47. The van der Waals surface area contributed by atoms with Gasteiger partial charge in [-0.2, -0.15) is 0 Å². The monoisotopic (exact) mass is 224 g/mol. The van der Waals surface area contributed by atoms with E-state index in [9.17, 15) is 0 Å². The summed E-state index contributed by atoms with van der Waals surface area (Å²) in [5, 5.41) is 0. The number of rotatable bonds is 7. The molecule has 1 fully saturated rings. The van der Waals surface area contributed by atoms with Gasteiger partial charge in [0.15, 0.2) is 0 Å². The Morgan fingerprint density at radius 2 is 1.94 bits per heavy atom. The molecular weight excluding hydrogens is 196 g/mol. The van der Waals surface area contributed by atoms with Gasteiger partial charge < -0.3 is 4.74 Å². The Balaban J connectivity index is 2.06. The first-order valence-corrected chi connectivity index (χ1v) is 7.15. The summed E-state index contributed by atoms with van der Waals surface area (Å²) in [6.07, 6.45) is 16.6. The van der Waals surface area contributed by atoms with Crippen LogP contribution in [0.15, 0.2) is 12.3 Å². The molecular formula is C15H28O. The van der Waals surface area contributed by atoms with E-state index in [0.29, 0.717) is 6.10 Å². The molecule has 0 N–H and O–H groups in total. The van der Waals surface area contributed by atoms with Gasteiger partial charge >= 0.3 is 0 Å². The minimum atomic E-state index is 0.419. The normalized spacial score (nSPS) is 20.1. The van der Waals surface area contributed by atoms with Crippen LogP contribution in [0.5, 0.6) is 0 Å². The van der Waals surface area contributed by atoms with Crippen molar-refractivity contribution in [1.29, 1.82) is 0 Å². The van der Waals surface area contributed by atoms with Gasteiger partial charge in [-0.3, -0.25) is 0 Å². The van der Waals surface area contributed by atoms with Gasteiger partial charge in [0, 0.05) is 0 Å². The van der Waals surface area contributed by atoms with Crippen LogP contribution in [0.3, 0.4) is 0 Å². The van der Waals surface area contributed by atoms with Crippen LogP contribution in [0.1, 0.15) is 71.6 Å². The molecule has 0 saturated heterocycles. The molecule has 0 radical (unpaired) electrons. The molecule has 1 aliphatic carbocycles. The minimum Gasteiger partial charge on any atom is -0.498 e. The molecule has 1 saturated carbocycles. The molecule has 1 aliphatic rings. The highest BCUT2D eigenvalue weighted by Gasteiger charge is 2.19. The third-order valence-electron chi connectivity index (χ3n) is 3.68. The molecule has 94 valence electrons. The van der Waals surface area contributed by atoms with Crippen molar-refractivity contribution >= 4 is 0 Å². The second-order valence-corrected chi connectivity index (χ2v) is 5.11. The topological polar surface area (TPSA) is 9.23 Å². The maximum atomic E-state index is 5.78. The van der Waals surface area contributed by atoms with Crippen molar-refractivity contribution in [3.8, 4) is 0 Å². The smallest absolute Gasteiger partial charge is 0.0978 e. The Morgan fingerprint density at radius 1 is 1.19 bits per heavy atom. The number of unbranched alkanes of at least 4 members (excludes halogenated alkanes) is 3. The largest absolute Gasteiger partial charge is 0.498 e. The quantitative estimate of drug-likeness (QED) is 0.433. The Hall–Kier alpha value is -0.460. The summed E-state index contributed by atoms with van der Waals surface area (Å²) in [7, 11) is 0. The van der Waals surface area contributed by atoms with Crippen LogP contribution in [-0.4, -0.2) is 6.10 Å². The Bertz CT molecular complexity index is 180. The SMILES string of the molecule is CCCCCC=COC(C)C1CCCCC1. The van der Waals surface area contributed by atoms with Crippen molar-refractivity contribution in [2.45, 2.75) is 77.7 Å². The van der Waals surface area contributed by atoms with E-state index in [2.05, 4.69) is 19.9 Å². The van der Waals surface area contributed by atoms with Gasteiger partial charge in [0.2, 0.25) is 0 Å². The van der Waals surface area contributed by atoms with Gasteiger partial charge in [-0.25, -0.2) is 0 Å². The third-order valence-corrected chi connectivity index (χ3v) is 3.68. The lowest BCUT2D eigenvalue weighted by atomic mass is 9.86. The summed E-state index contributed by atoms with van der Waals surface area (Å²) in [5.41, 5.74) is 0. The van der Waals surface area contributed by atoms with Crippen molar-refractivity contribution in [1.82, 2.24) is 0 Å². The fraction of sp³-hybridized carbons (Fsp3) is 0.867. The molecule has 1 atom stereocenters. The van der Waals surface area contributed by atoms with Crippen molar-refractivity contribution in [2.24, 2.45) is 5.92 Å². The standard InChI is InChI=1S/C15H28O/c1-3-4-5-6-10-13-16-14(2)15-11-8-7-9-12-15/h10,13-15H,3-9,11-12H2,1-2H3. The van der Waals surface area contributed by atoms with Gasteiger partial charge in [-0.15, -0.1) is 0 Å². The van der Waals surface area contributed by atoms with Crippen LogP contribution < -0.4 is 0 Å². The van der Waals surface area contributed by atoms with Gasteiger partial charge in [0.05, 0.1) is 12.4 Å². The van der Waals surface area contributed by atoms with E-state index in [1.165, 1.54) is 57.8 Å². The molecule has 16 heavy (non-hydrogen) atoms. The van der Waals surface area contributed by atoms with E-state index in [4.69, 9.17) is 4.74 Å². The highest BCUT2D eigenvalue weighted by molar-refractivity contribution is 4.77. The fourth-order valence-corrected chi connectivity index (χ4v) is 2.47. The lowest BCUT2D eigenvalue weighted by molar-refractivity contribution is 0.0810. The summed E-state index contributed by atoms with van der Waals surface area (Å²) in [5.74, 6) is 0.800. The predicted octanol–water partition coefficient (Wildman–Crippen LogP) is 5.07. The summed E-state index contributed by atoms with van der Waals surface area (Å²) in [6.45, 7) is 4.47. The van der Waals surface area contributed by atoms with Crippen molar-refractivity contribution < 1.29 is 4.74 Å². The molecule has 0 heterocycles. The van der Waals surface area contributed by atoms with Gasteiger partial charge in [0.1, 0.15) is 0 Å². The molecule has 0 amide bonds. The molecule has 0 aliphatic heterocycles. The van der Waals surface area contributed by atoms with E-state index in [1.807, 2.05) is 6.26 Å². The Labute approximate surface area is 101 Å². The first kappa shape index (κ1) is 13.6. The van der Waals surface area contributed by atoms with E-state index >= 15 is 0 Å². The second kappa shape index (κ2) is 8.66. The van der Waals surface area contributed by atoms with E-state index in [-0.39, 0.29) is 0 Å². The number of allylic oxidation sites excluding steroid dienone is 1. The van der Waals surface area contributed by atoms with E-state index in [0.717, 1.165) is 5.92 Å². The molecule has 0 spiro atoms. The minimum absolute atomic E-state index is 0.419. The van der Waals surface area contributed by atoms with Crippen LogP contribution in [0.4, 0.5) is 0 Å². The zero-order chi connectivity index (χ0) is 11.6. The van der Waals surface area contributed by atoms with Crippen LogP contribution in [0.2, 0.25) is 0 Å². The summed E-state index contributed by atoms with van der Waals surface area (Å²) < 4.78 is 5.78. The lowest BCUT2D eigenvalue weighted by Gasteiger charge is -2.26. The van der Waals surface area contributed by atoms with Crippen LogP contribution >= 0.6 is 0 Å². The second-order valence-electron chi connectivity index (χ2n) is 5.11. The van der Waals surface area contributed by atoms with Crippen molar-refractivity contribution in [2.75, 3.05) is 0 Å². The number of ether oxygens (including phenoxy) is 1. The molecule has 1 rings (SSSR count). The van der Waals surface area contributed by atoms with Gasteiger partial charge in [-0.1, -0.05) is 39.0 Å². The molecule has 0 aromatic carbocycles. The third kappa shape index (κ3) is 5.58. The average Bonchev–Trinajstić information content (AvgIpc) is 2.34. The van der Waals surface area contributed by atoms with E-state index < -0.39 is 0 Å². The van der Waals surface area contributed by atoms with Gasteiger partial charge in [0.25, 0.3) is 0 Å². The summed E-state index contributed by atoms with van der Waals surface area (Å²) in [4.78, 5) is 0. The molecule has 0 bridgehead atoms. The zero-order valence-electron chi connectivity index (χ0n) is 11.1. The van der Waals surface area contributed by atoms with Crippen molar-refractivity contribution in [3.05, 3.63) is 12.3 Å². The Kier molecular flexibility index (Phi) is 7.37. The molecule has 0 aromatic rings. The van der Waals surface area contributed by atoms with Crippen LogP contribution in [-0.2, 0) is 4.74 Å². The summed E-state index contributed by atoms with van der Waals surface area (Å²) >= 11 is 0. The van der Waals surface area contributed by atoms with Crippen molar-refractivity contribution in [3.63, 3.8) is 0 Å². The zero-order valence-corrected chi connectivity index (χ0v) is 11.1. The predicted molar refractivity (Wildman–Crippen MR) is 70.4 cm³/mol. The van der Waals surface area contributed by atoms with E-state index in [1.54, 1.807) is 0 Å². The molecule has 1 nitrogen and oxygen atoms in total. The number of hydrogen-bond donors (Lipinski definition) is 0. The van der Waals surface area contributed by atoms with Crippen LogP contribution in [0.25, 0.3) is 0 Å². The molecule has 0 aromatic heterocycles. The maximum absolute atomic E-state index is 5.78. The van der Waals surface area contributed by atoms with Crippen LogP contribution in [0, 0.1) is 5.92 Å². The first-order valence-electron chi connectivity index (χ1n) is 7.15. The highest BCUT2D eigenvalue weighted by atomic mass is 16.5.